The number of hydrogen-bond acceptors (Lipinski definition) is 8. The van der Waals surface area contributed by atoms with Gasteiger partial charge in [0.1, 0.15) is 12.2 Å². The molecule has 0 aromatic carbocycles. The highest BCUT2D eigenvalue weighted by Gasteiger charge is 2.26. The molecular weight excluding hydrogens is 739 g/mol. The van der Waals surface area contributed by atoms with E-state index >= 15 is 0 Å². The number of phosphoric ester groups is 1. The number of aliphatic hydroxyl groups excluding tert-OH is 2. The maximum Gasteiger partial charge on any atom is 0.472 e. The van der Waals surface area contributed by atoms with Crippen LogP contribution in [0.25, 0.3) is 0 Å². The van der Waals surface area contributed by atoms with E-state index in [0.29, 0.717) is 13.0 Å². The smallest absolute Gasteiger partial charge is 0.457 e. The molecule has 3 unspecified atom stereocenters. The molecule has 0 amide bonds. The molecule has 0 radical (unpaired) electrons. The number of phosphoric acid groups is 1. The average Bonchev–Trinajstić information content (AvgIpc) is 3.20. The fourth-order valence-corrected chi connectivity index (χ4v) is 6.56. The van der Waals surface area contributed by atoms with Gasteiger partial charge in [-0.1, -0.05) is 177 Å². The van der Waals surface area contributed by atoms with Crippen molar-refractivity contribution in [2.75, 3.05) is 33.0 Å². The first-order valence-corrected chi connectivity index (χ1v) is 23.9. The van der Waals surface area contributed by atoms with Crippen LogP contribution in [-0.4, -0.2) is 66.3 Å². The molecule has 0 aromatic heterocycles. The summed E-state index contributed by atoms with van der Waals surface area (Å²) >= 11 is 0. The van der Waals surface area contributed by atoms with Gasteiger partial charge in [0.05, 0.1) is 26.4 Å². The third-order valence-electron chi connectivity index (χ3n) is 9.16. The van der Waals surface area contributed by atoms with E-state index in [1.807, 2.05) is 0 Å². The number of hydrogen-bond donors (Lipinski definition) is 3. The maximum absolute atomic E-state index is 12.6. The second-order valence-electron chi connectivity index (χ2n) is 14.7. The number of carbonyl (C=O) groups is 1. The normalized spacial score (nSPS) is 14.7. The standard InChI is InChI=1S/C47H83O9P/c1-3-5-7-9-11-13-15-17-18-19-20-21-22-23-24-25-26-27-29-31-33-35-37-39-47(50)56-46(44-55-57(51,52)54-42-45(49)41-48)43-53-40-38-36-34-32-30-28-16-14-12-10-8-6-4-2/h5,7,11,13,17-18,20-21,23-24,26-27,45-46,48-49H,3-4,6,8-10,12,14-16,19,22,25,28-44H2,1-2H3,(H,51,52)/b7-5-,13-11-,18-17-,21-20-,24-23-,27-26-. The van der Waals surface area contributed by atoms with Crippen LogP contribution in [0.5, 0.6) is 0 Å². The predicted molar refractivity (Wildman–Crippen MR) is 237 cm³/mol. The maximum atomic E-state index is 12.6. The van der Waals surface area contributed by atoms with Gasteiger partial charge in [-0.15, -0.1) is 0 Å². The molecule has 0 saturated carbocycles. The minimum absolute atomic E-state index is 0.0369. The van der Waals surface area contributed by atoms with E-state index in [0.717, 1.165) is 83.5 Å². The van der Waals surface area contributed by atoms with E-state index in [2.05, 4.69) is 86.8 Å². The Labute approximate surface area is 348 Å². The van der Waals surface area contributed by atoms with Gasteiger partial charge in [0, 0.05) is 13.0 Å². The fourth-order valence-electron chi connectivity index (χ4n) is 5.77. The zero-order chi connectivity index (χ0) is 41.8. The lowest BCUT2D eigenvalue weighted by atomic mass is 10.0. The first-order valence-electron chi connectivity index (χ1n) is 22.4. The molecule has 330 valence electrons. The monoisotopic (exact) mass is 823 g/mol. The summed E-state index contributed by atoms with van der Waals surface area (Å²) in [6, 6.07) is 0. The van der Waals surface area contributed by atoms with Gasteiger partial charge in [-0.05, 0) is 64.2 Å². The fraction of sp³-hybridized carbons (Fsp3) is 0.723. The number of allylic oxidation sites excluding steroid dienone is 12. The van der Waals surface area contributed by atoms with E-state index in [1.165, 1.54) is 64.2 Å². The Morgan fingerprint density at radius 2 is 1.00 bits per heavy atom. The van der Waals surface area contributed by atoms with Crippen LogP contribution in [0.15, 0.2) is 72.9 Å². The number of unbranched alkanes of at least 4 members (excludes halogenated alkanes) is 16. The third kappa shape index (κ3) is 43.3. The van der Waals surface area contributed by atoms with Gasteiger partial charge in [-0.25, -0.2) is 4.57 Å². The Morgan fingerprint density at radius 3 is 1.51 bits per heavy atom. The summed E-state index contributed by atoms with van der Waals surface area (Å²) in [7, 11) is -4.53. The van der Waals surface area contributed by atoms with E-state index in [9.17, 15) is 19.4 Å². The van der Waals surface area contributed by atoms with Crippen molar-refractivity contribution >= 4 is 13.8 Å². The number of carbonyl (C=O) groups excluding carboxylic acids is 1. The van der Waals surface area contributed by atoms with Crippen LogP contribution in [0.2, 0.25) is 0 Å². The Hall–Kier alpha value is -2.10. The van der Waals surface area contributed by atoms with Gasteiger partial charge < -0.3 is 24.6 Å². The molecule has 10 heteroatoms. The van der Waals surface area contributed by atoms with Gasteiger partial charge in [-0.3, -0.25) is 13.8 Å². The first kappa shape index (κ1) is 54.9. The van der Waals surface area contributed by atoms with Crippen LogP contribution in [0.4, 0.5) is 0 Å². The highest BCUT2D eigenvalue weighted by Crippen LogP contribution is 2.43. The SMILES string of the molecule is CC/C=C\C/C=C\C/C=C\C/C=C\C/C=C\C/C=C\CCCCCCC(=O)OC(COCCCCCCCCCCCCCCC)COP(=O)(O)OCC(O)CO. The van der Waals surface area contributed by atoms with E-state index in [1.54, 1.807) is 0 Å². The van der Waals surface area contributed by atoms with Crippen molar-refractivity contribution in [2.45, 2.75) is 187 Å². The molecule has 57 heavy (non-hydrogen) atoms. The summed E-state index contributed by atoms with van der Waals surface area (Å²) in [5.74, 6) is -0.408. The minimum Gasteiger partial charge on any atom is -0.457 e. The number of ether oxygens (including phenoxy) is 2. The van der Waals surface area contributed by atoms with Crippen molar-refractivity contribution in [1.29, 1.82) is 0 Å². The minimum atomic E-state index is -4.53. The summed E-state index contributed by atoms with van der Waals surface area (Å²) in [6.45, 7) is 3.36. The molecular formula is C47H83O9P. The molecule has 3 atom stereocenters. The highest BCUT2D eigenvalue weighted by molar-refractivity contribution is 7.47. The van der Waals surface area contributed by atoms with E-state index in [-0.39, 0.29) is 19.6 Å². The molecule has 0 spiro atoms. The molecule has 0 aliphatic heterocycles. The van der Waals surface area contributed by atoms with Crippen molar-refractivity contribution in [3.63, 3.8) is 0 Å². The molecule has 0 aromatic rings. The Balaban J connectivity index is 4.21. The summed E-state index contributed by atoms with van der Waals surface area (Å²) in [6.07, 6.45) is 51.4. The van der Waals surface area contributed by atoms with Crippen LogP contribution in [0.1, 0.15) is 174 Å². The topological polar surface area (TPSA) is 132 Å². The predicted octanol–water partition coefficient (Wildman–Crippen LogP) is 12.5. The van der Waals surface area contributed by atoms with Crippen molar-refractivity contribution < 1.29 is 43.0 Å². The van der Waals surface area contributed by atoms with E-state index in [4.69, 9.17) is 23.6 Å². The third-order valence-corrected chi connectivity index (χ3v) is 10.1. The van der Waals surface area contributed by atoms with Crippen molar-refractivity contribution in [1.82, 2.24) is 0 Å². The lowest BCUT2D eigenvalue weighted by molar-refractivity contribution is -0.154. The lowest BCUT2D eigenvalue weighted by Gasteiger charge is -2.20. The quantitative estimate of drug-likeness (QED) is 0.0238. The van der Waals surface area contributed by atoms with Crippen molar-refractivity contribution in [3.05, 3.63) is 72.9 Å². The van der Waals surface area contributed by atoms with E-state index < -0.39 is 39.2 Å². The molecule has 0 rings (SSSR count). The number of rotatable bonds is 42. The van der Waals surface area contributed by atoms with Gasteiger partial charge >= 0.3 is 13.8 Å². The average molecular weight is 823 g/mol. The van der Waals surface area contributed by atoms with Crippen LogP contribution < -0.4 is 0 Å². The second-order valence-corrected chi connectivity index (χ2v) is 16.1. The van der Waals surface area contributed by atoms with Gasteiger partial charge in [0.2, 0.25) is 0 Å². The molecule has 0 heterocycles. The Kier molecular flexibility index (Phi) is 41.9. The lowest BCUT2D eigenvalue weighted by Crippen LogP contribution is -2.29. The van der Waals surface area contributed by atoms with Crippen LogP contribution >= 0.6 is 7.82 Å². The summed E-state index contributed by atoms with van der Waals surface area (Å²) < 4.78 is 33.4. The first-order chi connectivity index (χ1) is 27.8. The molecule has 0 aliphatic rings. The summed E-state index contributed by atoms with van der Waals surface area (Å²) in [5, 5.41) is 18.3. The van der Waals surface area contributed by atoms with Crippen LogP contribution in [0, 0.1) is 0 Å². The van der Waals surface area contributed by atoms with Crippen LogP contribution in [-0.2, 0) is 27.9 Å². The van der Waals surface area contributed by atoms with Crippen molar-refractivity contribution in [3.8, 4) is 0 Å². The van der Waals surface area contributed by atoms with Gasteiger partial charge in [0.15, 0.2) is 0 Å². The zero-order valence-electron chi connectivity index (χ0n) is 36.0. The number of aliphatic hydroxyl groups is 2. The highest BCUT2D eigenvalue weighted by atomic mass is 31.2. The van der Waals surface area contributed by atoms with Gasteiger partial charge in [0.25, 0.3) is 0 Å². The second kappa shape index (κ2) is 43.5. The molecule has 3 N–H and O–H groups in total. The Bertz CT molecular complexity index is 1110. The molecule has 9 nitrogen and oxygen atoms in total. The molecule has 0 fully saturated rings. The zero-order valence-corrected chi connectivity index (χ0v) is 36.9. The molecule has 0 aliphatic carbocycles. The van der Waals surface area contributed by atoms with Gasteiger partial charge in [-0.2, -0.15) is 0 Å². The number of esters is 1. The Morgan fingerprint density at radius 1 is 0.561 bits per heavy atom. The molecule has 0 bridgehead atoms. The van der Waals surface area contributed by atoms with Crippen molar-refractivity contribution in [2.24, 2.45) is 0 Å². The molecule has 0 saturated heterocycles. The summed E-state index contributed by atoms with van der Waals surface area (Å²) in [5.41, 5.74) is 0. The van der Waals surface area contributed by atoms with Crippen LogP contribution in [0.3, 0.4) is 0 Å². The summed E-state index contributed by atoms with van der Waals surface area (Å²) in [4.78, 5) is 22.6. The largest absolute Gasteiger partial charge is 0.472 e.